The first kappa shape index (κ1) is 15.4. The van der Waals surface area contributed by atoms with Crippen molar-refractivity contribution in [2.24, 2.45) is 0 Å². The topological polar surface area (TPSA) is 95.4 Å². The molecule has 0 unspecified atom stereocenters. The maximum absolute atomic E-state index is 12.0. The molecular formula is C14H15BrN2O4. The maximum atomic E-state index is 12.0. The fourth-order valence-electron chi connectivity index (χ4n) is 1.96. The molecule has 2 rings (SSSR count). The molecule has 3 N–H and O–H groups in total. The number of phenolic OH excluding ortho intramolecular Hbond substituents is 1. The van der Waals surface area contributed by atoms with Crippen LogP contribution in [-0.4, -0.2) is 27.3 Å². The fourth-order valence-corrected chi connectivity index (χ4v) is 2.41. The molecule has 0 saturated carbocycles. The largest absolute Gasteiger partial charge is 0.503 e. The second-order valence-corrected chi connectivity index (χ2v) is 5.33. The number of methoxy groups -OCH3 is 1. The van der Waals surface area contributed by atoms with Gasteiger partial charge in [0, 0.05) is 5.56 Å². The predicted molar refractivity (Wildman–Crippen MR) is 81.9 cm³/mol. The highest BCUT2D eigenvalue weighted by molar-refractivity contribution is 9.10. The summed E-state index contributed by atoms with van der Waals surface area (Å²) in [5.74, 6) is 0.115. The van der Waals surface area contributed by atoms with Gasteiger partial charge >= 0.3 is 0 Å². The van der Waals surface area contributed by atoms with Gasteiger partial charge in [0.15, 0.2) is 11.5 Å². The summed E-state index contributed by atoms with van der Waals surface area (Å²) in [4.78, 5) is 18.6. The molecule has 0 amide bonds. The summed E-state index contributed by atoms with van der Waals surface area (Å²) >= 11 is 3.20. The normalized spacial score (nSPS) is 10.6. The molecule has 0 aliphatic rings. The Hall–Kier alpha value is -2.02. The Morgan fingerprint density at radius 2 is 2.10 bits per heavy atom. The number of phenols is 1. The summed E-state index contributed by atoms with van der Waals surface area (Å²) in [5.41, 5.74) is 0.403. The van der Waals surface area contributed by atoms with Gasteiger partial charge in [-0.15, -0.1) is 0 Å². The van der Waals surface area contributed by atoms with Crippen molar-refractivity contribution < 1.29 is 14.9 Å². The van der Waals surface area contributed by atoms with E-state index < -0.39 is 0 Å². The third-order valence-electron chi connectivity index (χ3n) is 3.02. The van der Waals surface area contributed by atoms with E-state index in [2.05, 4.69) is 25.9 Å². The quantitative estimate of drug-likeness (QED) is 0.784. The van der Waals surface area contributed by atoms with Gasteiger partial charge in [-0.2, -0.15) is 4.98 Å². The van der Waals surface area contributed by atoms with Crippen molar-refractivity contribution in [3.8, 4) is 28.8 Å². The molecular weight excluding hydrogens is 340 g/mol. The van der Waals surface area contributed by atoms with E-state index in [1.165, 1.54) is 13.2 Å². The van der Waals surface area contributed by atoms with Crippen LogP contribution in [0.2, 0.25) is 0 Å². The highest BCUT2D eigenvalue weighted by Gasteiger charge is 2.14. The number of nitrogens with one attached hydrogen (secondary N) is 1. The molecule has 21 heavy (non-hydrogen) atoms. The average Bonchev–Trinajstić information content (AvgIpc) is 2.45. The fraction of sp³-hybridized carbons (Fsp3) is 0.286. The number of aromatic nitrogens is 2. The van der Waals surface area contributed by atoms with Crippen molar-refractivity contribution >= 4 is 15.9 Å². The molecule has 0 fully saturated rings. The number of hydrogen-bond acceptors (Lipinski definition) is 5. The third kappa shape index (κ3) is 3.02. The van der Waals surface area contributed by atoms with Gasteiger partial charge in [-0.05, 0) is 34.5 Å². The van der Waals surface area contributed by atoms with Crippen molar-refractivity contribution in [2.45, 2.75) is 19.8 Å². The minimum atomic E-state index is -0.373. The number of ether oxygens (including phenoxy) is 1. The van der Waals surface area contributed by atoms with Crippen LogP contribution in [0.1, 0.15) is 18.9 Å². The van der Waals surface area contributed by atoms with Crippen LogP contribution in [0, 0.1) is 0 Å². The van der Waals surface area contributed by atoms with E-state index in [1.54, 1.807) is 6.07 Å². The van der Waals surface area contributed by atoms with Gasteiger partial charge in [0.2, 0.25) is 5.88 Å². The van der Waals surface area contributed by atoms with Crippen LogP contribution in [-0.2, 0) is 6.42 Å². The van der Waals surface area contributed by atoms with Crippen molar-refractivity contribution in [3.05, 3.63) is 32.5 Å². The summed E-state index contributed by atoms with van der Waals surface area (Å²) in [7, 11) is 1.42. The number of benzene rings is 1. The molecule has 7 heteroatoms. The van der Waals surface area contributed by atoms with Gasteiger partial charge in [0.1, 0.15) is 5.82 Å². The van der Waals surface area contributed by atoms with E-state index >= 15 is 0 Å². The predicted octanol–water partition coefficient (Wildman–Crippen LogP) is 2.57. The van der Waals surface area contributed by atoms with Gasteiger partial charge in [0.25, 0.3) is 5.56 Å². The van der Waals surface area contributed by atoms with Crippen LogP contribution in [0.15, 0.2) is 21.4 Å². The highest BCUT2D eigenvalue weighted by atomic mass is 79.9. The van der Waals surface area contributed by atoms with Gasteiger partial charge in [-0.1, -0.05) is 13.3 Å². The number of hydrogen-bond donors (Lipinski definition) is 3. The third-order valence-corrected chi connectivity index (χ3v) is 3.62. The molecule has 6 nitrogen and oxygen atoms in total. The van der Waals surface area contributed by atoms with Crippen molar-refractivity contribution in [2.75, 3.05) is 7.11 Å². The lowest BCUT2D eigenvalue weighted by Crippen LogP contribution is -2.15. The lowest BCUT2D eigenvalue weighted by atomic mass is 10.1. The summed E-state index contributed by atoms with van der Waals surface area (Å²) in [5, 5.41) is 19.7. The van der Waals surface area contributed by atoms with E-state index in [1.807, 2.05) is 6.92 Å². The lowest BCUT2D eigenvalue weighted by Gasteiger charge is -2.09. The Kier molecular flexibility index (Phi) is 4.52. The van der Waals surface area contributed by atoms with E-state index in [4.69, 9.17) is 4.74 Å². The molecule has 1 aromatic heterocycles. The van der Waals surface area contributed by atoms with Crippen molar-refractivity contribution in [3.63, 3.8) is 0 Å². The molecule has 0 saturated heterocycles. The maximum Gasteiger partial charge on any atom is 0.258 e. The van der Waals surface area contributed by atoms with E-state index in [-0.39, 0.29) is 34.3 Å². The summed E-state index contributed by atoms with van der Waals surface area (Å²) in [6.45, 7) is 1.91. The Morgan fingerprint density at radius 3 is 2.67 bits per heavy atom. The van der Waals surface area contributed by atoms with Gasteiger partial charge in [0.05, 0.1) is 17.1 Å². The van der Waals surface area contributed by atoms with Gasteiger partial charge < -0.3 is 19.9 Å². The Labute approximate surface area is 129 Å². The zero-order chi connectivity index (χ0) is 15.6. The molecule has 1 aromatic carbocycles. The summed E-state index contributed by atoms with van der Waals surface area (Å²) < 4.78 is 5.45. The van der Waals surface area contributed by atoms with Crippen LogP contribution in [0.3, 0.4) is 0 Å². The van der Waals surface area contributed by atoms with Crippen molar-refractivity contribution in [1.82, 2.24) is 9.97 Å². The molecule has 0 aliphatic carbocycles. The Morgan fingerprint density at radius 1 is 1.38 bits per heavy atom. The summed E-state index contributed by atoms with van der Waals surface area (Å²) in [6.07, 6.45) is 1.19. The number of halogens is 1. The highest BCUT2D eigenvalue weighted by Crippen LogP contribution is 2.37. The first-order chi connectivity index (χ1) is 9.97. The molecule has 0 bridgehead atoms. The first-order valence-corrected chi connectivity index (χ1v) is 7.16. The zero-order valence-electron chi connectivity index (χ0n) is 11.6. The molecule has 0 aliphatic heterocycles. The van der Waals surface area contributed by atoms with Crippen LogP contribution in [0.4, 0.5) is 0 Å². The lowest BCUT2D eigenvalue weighted by molar-refractivity contribution is 0.372. The SMILES string of the molecule is CCCc1c(O)nc(-c2cc(Br)c(O)c(OC)c2)[nH]c1=O. The van der Waals surface area contributed by atoms with E-state index in [0.29, 0.717) is 16.5 Å². The van der Waals surface area contributed by atoms with Crippen LogP contribution in [0.5, 0.6) is 17.4 Å². The summed E-state index contributed by atoms with van der Waals surface area (Å²) in [6, 6.07) is 3.10. The van der Waals surface area contributed by atoms with Crippen LogP contribution >= 0.6 is 15.9 Å². The van der Waals surface area contributed by atoms with Gasteiger partial charge in [-0.25, -0.2) is 0 Å². The van der Waals surface area contributed by atoms with Gasteiger partial charge in [-0.3, -0.25) is 4.79 Å². The molecule has 112 valence electrons. The first-order valence-electron chi connectivity index (χ1n) is 6.37. The minimum Gasteiger partial charge on any atom is -0.503 e. The minimum absolute atomic E-state index is 0.0459. The molecule has 0 atom stereocenters. The standard InChI is InChI=1S/C14H15BrN2O4/c1-3-4-8-13(19)16-12(17-14(8)20)7-5-9(15)11(18)10(6-7)21-2/h5-6,18H,3-4H2,1-2H3,(H2,16,17,19,20). The Bertz CT molecular complexity index is 728. The van der Waals surface area contributed by atoms with Crippen LogP contribution < -0.4 is 10.3 Å². The number of rotatable bonds is 4. The van der Waals surface area contributed by atoms with E-state index in [9.17, 15) is 15.0 Å². The second kappa shape index (κ2) is 6.17. The van der Waals surface area contributed by atoms with Crippen LogP contribution in [0.25, 0.3) is 11.4 Å². The number of nitrogens with zero attached hydrogens (tertiary/aromatic N) is 1. The second-order valence-electron chi connectivity index (χ2n) is 4.48. The smallest absolute Gasteiger partial charge is 0.258 e. The number of aromatic amines is 1. The average molecular weight is 355 g/mol. The van der Waals surface area contributed by atoms with Crippen molar-refractivity contribution in [1.29, 1.82) is 0 Å². The Balaban J connectivity index is 2.58. The molecule has 0 radical (unpaired) electrons. The monoisotopic (exact) mass is 354 g/mol. The number of H-pyrrole nitrogens is 1. The molecule has 2 aromatic rings. The molecule has 1 heterocycles. The molecule has 0 spiro atoms. The zero-order valence-corrected chi connectivity index (χ0v) is 13.2. The van der Waals surface area contributed by atoms with E-state index in [0.717, 1.165) is 6.42 Å². The number of aromatic hydroxyl groups is 2.